The summed E-state index contributed by atoms with van der Waals surface area (Å²) in [5, 5.41) is 1.02. The molecule has 0 radical (unpaired) electrons. The maximum Gasteiger partial charge on any atom is 0.125 e. The van der Waals surface area contributed by atoms with Gasteiger partial charge in [-0.15, -0.1) is 11.3 Å². The highest BCUT2D eigenvalue weighted by Gasteiger charge is 2.13. The first-order chi connectivity index (χ1) is 14.2. The Morgan fingerprint density at radius 1 is 0.690 bits per heavy atom. The molecule has 1 heterocycles. The molecule has 3 heteroatoms. The van der Waals surface area contributed by atoms with Crippen molar-refractivity contribution in [2.75, 3.05) is 5.73 Å². The molecule has 5 aromatic rings. The highest BCUT2D eigenvalue weighted by atomic mass is 32.1. The zero-order valence-electron chi connectivity index (χ0n) is 16.1. The largest absolute Gasteiger partial charge is 0.399 e. The van der Waals surface area contributed by atoms with Gasteiger partial charge in [-0.1, -0.05) is 60.7 Å². The van der Waals surface area contributed by atoms with Gasteiger partial charge in [-0.3, -0.25) is 0 Å². The van der Waals surface area contributed by atoms with Gasteiger partial charge in [0.15, 0.2) is 0 Å². The Bertz CT molecular complexity index is 1280. The predicted octanol–water partition coefficient (Wildman–Crippen LogP) is 7.19. The van der Waals surface area contributed by atoms with E-state index < -0.39 is 0 Å². The lowest BCUT2D eigenvalue weighted by Gasteiger charge is -2.11. The number of thiazole rings is 1. The van der Waals surface area contributed by atoms with Crippen LogP contribution in [0.15, 0.2) is 91.0 Å². The van der Waals surface area contributed by atoms with Crippen molar-refractivity contribution in [3.8, 4) is 32.8 Å². The monoisotopic (exact) mass is 392 g/mol. The van der Waals surface area contributed by atoms with Crippen molar-refractivity contribution in [1.82, 2.24) is 4.98 Å². The lowest BCUT2D eigenvalue weighted by molar-refractivity contribution is 1.45. The zero-order chi connectivity index (χ0) is 19.8. The summed E-state index contributed by atoms with van der Waals surface area (Å²) in [7, 11) is 0. The van der Waals surface area contributed by atoms with Gasteiger partial charge in [0.2, 0.25) is 0 Å². The number of para-hydroxylation sites is 1. The number of hydrogen-bond acceptors (Lipinski definition) is 3. The van der Waals surface area contributed by atoms with Crippen molar-refractivity contribution >= 4 is 27.2 Å². The SMILES string of the molecule is Cc1ccccc1-c1ccc(-c2cc(N)ccc2-c2nc3ccccc3s2)cc1. The van der Waals surface area contributed by atoms with E-state index in [4.69, 9.17) is 10.7 Å². The van der Waals surface area contributed by atoms with Crippen LogP contribution >= 0.6 is 11.3 Å². The van der Waals surface area contributed by atoms with Gasteiger partial charge >= 0.3 is 0 Å². The Morgan fingerprint density at radius 3 is 2.14 bits per heavy atom. The molecule has 0 unspecified atom stereocenters. The minimum atomic E-state index is 0.757. The quantitative estimate of drug-likeness (QED) is 0.330. The Hall–Kier alpha value is -3.43. The molecule has 2 N–H and O–H groups in total. The lowest BCUT2D eigenvalue weighted by atomic mass is 9.95. The van der Waals surface area contributed by atoms with Crippen LogP contribution in [0.4, 0.5) is 5.69 Å². The summed E-state index contributed by atoms with van der Waals surface area (Å²) < 4.78 is 1.19. The van der Waals surface area contributed by atoms with E-state index in [1.807, 2.05) is 18.2 Å². The molecule has 1 aromatic heterocycles. The van der Waals surface area contributed by atoms with E-state index in [9.17, 15) is 0 Å². The van der Waals surface area contributed by atoms with E-state index in [0.29, 0.717) is 0 Å². The summed E-state index contributed by atoms with van der Waals surface area (Å²) in [5.74, 6) is 0. The molecule has 0 aliphatic rings. The molecule has 0 amide bonds. The summed E-state index contributed by atoms with van der Waals surface area (Å²) >= 11 is 1.72. The standard InChI is InChI=1S/C26H20N2S/c1-17-6-2-3-7-21(17)18-10-12-19(13-11-18)23-16-20(27)14-15-22(23)26-28-24-8-4-5-9-25(24)29-26/h2-16H,27H2,1H3. The minimum Gasteiger partial charge on any atom is -0.399 e. The normalized spacial score (nSPS) is 11.1. The summed E-state index contributed by atoms with van der Waals surface area (Å²) in [4.78, 5) is 4.85. The van der Waals surface area contributed by atoms with Crippen LogP contribution in [-0.2, 0) is 0 Å². The minimum absolute atomic E-state index is 0.757. The number of anilines is 1. The van der Waals surface area contributed by atoms with Crippen LogP contribution in [0.3, 0.4) is 0 Å². The van der Waals surface area contributed by atoms with Crippen LogP contribution in [-0.4, -0.2) is 4.98 Å². The van der Waals surface area contributed by atoms with Gasteiger partial charge in [0.1, 0.15) is 5.01 Å². The van der Waals surface area contributed by atoms with Crippen LogP contribution in [0.2, 0.25) is 0 Å². The topological polar surface area (TPSA) is 38.9 Å². The zero-order valence-corrected chi connectivity index (χ0v) is 16.9. The van der Waals surface area contributed by atoms with Crippen molar-refractivity contribution in [2.45, 2.75) is 6.92 Å². The molecule has 0 atom stereocenters. The van der Waals surface area contributed by atoms with Crippen LogP contribution in [0.25, 0.3) is 43.0 Å². The number of nitrogen functional groups attached to an aromatic ring is 1. The molecule has 0 spiro atoms. The first-order valence-corrected chi connectivity index (χ1v) is 10.4. The number of fused-ring (bicyclic) bond motifs is 1. The first-order valence-electron chi connectivity index (χ1n) is 9.61. The second-order valence-electron chi connectivity index (χ2n) is 7.18. The lowest BCUT2D eigenvalue weighted by Crippen LogP contribution is -1.90. The van der Waals surface area contributed by atoms with Gasteiger partial charge in [0.25, 0.3) is 0 Å². The summed E-state index contributed by atoms with van der Waals surface area (Å²) in [6.45, 7) is 2.15. The molecule has 4 aromatic carbocycles. The van der Waals surface area contributed by atoms with Crippen LogP contribution < -0.4 is 5.73 Å². The molecule has 0 saturated heterocycles. The molecule has 0 aliphatic heterocycles. The van der Waals surface area contributed by atoms with Gasteiger partial charge in [-0.2, -0.15) is 0 Å². The van der Waals surface area contributed by atoms with E-state index in [-0.39, 0.29) is 0 Å². The van der Waals surface area contributed by atoms with Gasteiger partial charge in [0, 0.05) is 11.3 Å². The van der Waals surface area contributed by atoms with Crippen molar-refractivity contribution in [3.63, 3.8) is 0 Å². The molecule has 29 heavy (non-hydrogen) atoms. The summed E-state index contributed by atoms with van der Waals surface area (Å²) in [6.07, 6.45) is 0. The second kappa shape index (κ2) is 7.19. The van der Waals surface area contributed by atoms with Crippen LogP contribution in [0.1, 0.15) is 5.56 Å². The molecule has 140 valence electrons. The molecule has 0 aliphatic carbocycles. The van der Waals surface area contributed by atoms with E-state index in [1.54, 1.807) is 11.3 Å². The number of nitrogens with zero attached hydrogens (tertiary/aromatic N) is 1. The van der Waals surface area contributed by atoms with Gasteiger partial charge < -0.3 is 5.73 Å². The van der Waals surface area contributed by atoms with E-state index in [0.717, 1.165) is 32.9 Å². The fraction of sp³-hybridized carbons (Fsp3) is 0.0385. The third-order valence-corrected chi connectivity index (χ3v) is 6.29. The smallest absolute Gasteiger partial charge is 0.125 e. The molecule has 0 bridgehead atoms. The first kappa shape index (κ1) is 17.7. The fourth-order valence-electron chi connectivity index (χ4n) is 3.70. The third kappa shape index (κ3) is 3.30. The van der Waals surface area contributed by atoms with Gasteiger partial charge in [-0.05, 0) is 65.1 Å². The maximum atomic E-state index is 6.14. The van der Waals surface area contributed by atoms with E-state index in [1.165, 1.54) is 21.4 Å². The number of aromatic nitrogens is 1. The molecule has 5 rings (SSSR count). The van der Waals surface area contributed by atoms with Crippen molar-refractivity contribution < 1.29 is 0 Å². The molecule has 0 fully saturated rings. The Balaban J connectivity index is 1.61. The highest BCUT2D eigenvalue weighted by molar-refractivity contribution is 7.21. The Kier molecular flexibility index (Phi) is 4.38. The van der Waals surface area contributed by atoms with E-state index >= 15 is 0 Å². The van der Waals surface area contributed by atoms with Gasteiger partial charge in [0.05, 0.1) is 10.2 Å². The summed E-state index contributed by atoms with van der Waals surface area (Å²) in [5.41, 5.74) is 15.1. The van der Waals surface area contributed by atoms with Crippen molar-refractivity contribution in [2.24, 2.45) is 0 Å². The summed E-state index contributed by atoms with van der Waals surface area (Å²) in [6, 6.07) is 31.5. The molecule has 2 nitrogen and oxygen atoms in total. The highest BCUT2D eigenvalue weighted by Crippen LogP contribution is 2.38. The average molecular weight is 393 g/mol. The van der Waals surface area contributed by atoms with Crippen LogP contribution in [0, 0.1) is 6.92 Å². The molecular formula is C26H20N2S. The molecule has 0 saturated carbocycles. The number of nitrogens with two attached hydrogens (primary N) is 1. The second-order valence-corrected chi connectivity index (χ2v) is 8.21. The molecular weight excluding hydrogens is 372 g/mol. The predicted molar refractivity (Wildman–Crippen MR) is 125 cm³/mol. The number of aryl methyl sites for hydroxylation is 1. The Morgan fingerprint density at radius 2 is 1.38 bits per heavy atom. The van der Waals surface area contributed by atoms with Gasteiger partial charge in [-0.25, -0.2) is 4.98 Å². The average Bonchev–Trinajstić information content (AvgIpc) is 3.18. The number of benzene rings is 4. The van der Waals surface area contributed by atoms with Crippen molar-refractivity contribution in [3.05, 3.63) is 96.6 Å². The van der Waals surface area contributed by atoms with Crippen LogP contribution in [0.5, 0.6) is 0 Å². The Labute approximate surface area is 174 Å². The van der Waals surface area contributed by atoms with E-state index in [2.05, 4.69) is 79.7 Å². The number of rotatable bonds is 3. The maximum absolute atomic E-state index is 6.14. The third-order valence-electron chi connectivity index (χ3n) is 5.22. The van der Waals surface area contributed by atoms with Crippen molar-refractivity contribution in [1.29, 1.82) is 0 Å². The fourth-order valence-corrected chi connectivity index (χ4v) is 4.71. The number of hydrogen-bond donors (Lipinski definition) is 1.